The third-order valence-corrected chi connectivity index (χ3v) is 4.97. The predicted molar refractivity (Wildman–Crippen MR) is 93.4 cm³/mol. The van der Waals surface area contributed by atoms with Gasteiger partial charge in [0.05, 0.1) is 16.0 Å². The SMILES string of the molecule is Cc1ccc([N+](=O)[O-])cc1NC(=O)C1(c2ccc(Cl)cc2)CCC1. The summed E-state index contributed by atoms with van der Waals surface area (Å²) in [5.74, 6) is -0.125. The fourth-order valence-corrected chi connectivity index (χ4v) is 3.17. The number of anilines is 1. The van der Waals surface area contributed by atoms with E-state index in [2.05, 4.69) is 5.32 Å². The van der Waals surface area contributed by atoms with Crippen LogP contribution in [-0.4, -0.2) is 10.8 Å². The Labute approximate surface area is 144 Å². The van der Waals surface area contributed by atoms with Gasteiger partial charge in [0.2, 0.25) is 5.91 Å². The smallest absolute Gasteiger partial charge is 0.271 e. The van der Waals surface area contributed by atoms with Crippen molar-refractivity contribution >= 4 is 28.9 Å². The normalized spacial score (nSPS) is 15.4. The van der Waals surface area contributed by atoms with Gasteiger partial charge < -0.3 is 5.32 Å². The summed E-state index contributed by atoms with van der Waals surface area (Å²) in [7, 11) is 0. The van der Waals surface area contributed by atoms with Crippen molar-refractivity contribution in [2.75, 3.05) is 5.32 Å². The molecule has 0 aromatic heterocycles. The Bertz CT molecular complexity index is 798. The van der Waals surface area contributed by atoms with E-state index in [4.69, 9.17) is 11.6 Å². The van der Waals surface area contributed by atoms with E-state index in [-0.39, 0.29) is 11.6 Å². The number of nitrogens with zero attached hydrogens (tertiary/aromatic N) is 1. The van der Waals surface area contributed by atoms with E-state index >= 15 is 0 Å². The van der Waals surface area contributed by atoms with Gasteiger partial charge >= 0.3 is 0 Å². The van der Waals surface area contributed by atoms with Crippen LogP contribution in [0.3, 0.4) is 0 Å². The van der Waals surface area contributed by atoms with Crippen LogP contribution in [0.2, 0.25) is 5.02 Å². The average molecular weight is 345 g/mol. The molecule has 1 aliphatic rings. The van der Waals surface area contributed by atoms with Crippen LogP contribution < -0.4 is 5.32 Å². The highest BCUT2D eigenvalue weighted by Crippen LogP contribution is 2.45. The van der Waals surface area contributed by atoms with Crippen molar-refractivity contribution in [3.63, 3.8) is 0 Å². The van der Waals surface area contributed by atoms with E-state index in [0.717, 1.165) is 30.4 Å². The molecule has 0 bridgehead atoms. The molecule has 0 spiro atoms. The number of carbonyl (C=O) groups excluding carboxylic acids is 1. The molecule has 6 heteroatoms. The predicted octanol–water partition coefficient (Wildman–Crippen LogP) is 4.62. The molecule has 2 aromatic carbocycles. The topological polar surface area (TPSA) is 72.2 Å². The van der Waals surface area contributed by atoms with Gasteiger partial charge in [0.25, 0.3) is 5.69 Å². The minimum Gasteiger partial charge on any atom is -0.325 e. The Morgan fingerprint density at radius 3 is 2.42 bits per heavy atom. The first kappa shape index (κ1) is 16.5. The fourth-order valence-electron chi connectivity index (χ4n) is 3.05. The first-order valence-corrected chi connectivity index (χ1v) is 8.13. The molecule has 1 amide bonds. The van der Waals surface area contributed by atoms with E-state index in [1.807, 2.05) is 19.1 Å². The summed E-state index contributed by atoms with van der Waals surface area (Å²) >= 11 is 5.94. The Hall–Kier alpha value is -2.40. The molecule has 0 unspecified atom stereocenters. The zero-order valence-corrected chi connectivity index (χ0v) is 14.0. The van der Waals surface area contributed by atoms with Gasteiger partial charge in [-0.1, -0.05) is 36.2 Å². The van der Waals surface area contributed by atoms with Crippen molar-refractivity contribution in [1.29, 1.82) is 0 Å². The zero-order valence-electron chi connectivity index (χ0n) is 13.2. The van der Waals surface area contributed by atoms with Gasteiger partial charge in [0.1, 0.15) is 0 Å². The Morgan fingerprint density at radius 2 is 1.88 bits per heavy atom. The molecule has 1 aliphatic carbocycles. The average Bonchev–Trinajstić information content (AvgIpc) is 2.50. The van der Waals surface area contributed by atoms with Crippen molar-refractivity contribution < 1.29 is 9.72 Å². The van der Waals surface area contributed by atoms with Crippen molar-refractivity contribution in [2.45, 2.75) is 31.6 Å². The van der Waals surface area contributed by atoms with Crippen LogP contribution in [0.1, 0.15) is 30.4 Å². The lowest BCUT2D eigenvalue weighted by atomic mass is 9.64. The molecule has 1 N–H and O–H groups in total. The van der Waals surface area contributed by atoms with Crippen molar-refractivity contribution in [1.82, 2.24) is 0 Å². The number of hydrogen-bond acceptors (Lipinski definition) is 3. The van der Waals surface area contributed by atoms with Crippen LogP contribution in [0, 0.1) is 17.0 Å². The number of aryl methyl sites for hydroxylation is 1. The van der Waals surface area contributed by atoms with Crippen molar-refractivity contribution in [2.24, 2.45) is 0 Å². The number of halogens is 1. The molecule has 0 atom stereocenters. The van der Waals surface area contributed by atoms with Gasteiger partial charge in [0.15, 0.2) is 0 Å². The van der Waals surface area contributed by atoms with Crippen LogP contribution >= 0.6 is 11.6 Å². The van der Waals surface area contributed by atoms with E-state index in [1.165, 1.54) is 12.1 Å². The molecule has 2 aromatic rings. The second-order valence-electron chi connectivity index (χ2n) is 6.15. The summed E-state index contributed by atoms with van der Waals surface area (Å²) in [5, 5.41) is 14.5. The third kappa shape index (κ3) is 2.87. The number of nitro benzene ring substituents is 1. The summed E-state index contributed by atoms with van der Waals surface area (Å²) < 4.78 is 0. The van der Waals surface area contributed by atoms with Gasteiger partial charge in [-0.3, -0.25) is 14.9 Å². The number of hydrogen-bond donors (Lipinski definition) is 1. The summed E-state index contributed by atoms with van der Waals surface area (Å²) in [6.45, 7) is 1.81. The molecule has 0 aliphatic heterocycles. The maximum atomic E-state index is 12.9. The van der Waals surface area contributed by atoms with E-state index in [1.54, 1.807) is 18.2 Å². The van der Waals surface area contributed by atoms with Gasteiger partial charge in [-0.2, -0.15) is 0 Å². The maximum absolute atomic E-state index is 12.9. The molecule has 24 heavy (non-hydrogen) atoms. The van der Waals surface area contributed by atoms with E-state index in [0.29, 0.717) is 10.7 Å². The van der Waals surface area contributed by atoms with Crippen LogP contribution in [0.25, 0.3) is 0 Å². The minimum atomic E-state index is -0.582. The summed E-state index contributed by atoms with van der Waals surface area (Å²) in [5.41, 5.74) is 1.58. The highest BCUT2D eigenvalue weighted by Gasteiger charge is 2.45. The van der Waals surface area contributed by atoms with E-state index in [9.17, 15) is 14.9 Å². The second kappa shape index (κ2) is 6.24. The molecular weight excluding hydrogens is 328 g/mol. The quantitative estimate of drug-likeness (QED) is 0.649. The van der Waals surface area contributed by atoms with Gasteiger partial charge in [-0.15, -0.1) is 0 Å². The van der Waals surface area contributed by atoms with Gasteiger partial charge in [0, 0.05) is 17.2 Å². The lowest BCUT2D eigenvalue weighted by molar-refractivity contribution is -0.384. The lowest BCUT2D eigenvalue weighted by Gasteiger charge is -2.40. The Morgan fingerprint density at radius 1 is 1.21 bits per heavy atom. The first-order valence-electron chi connectivity index (χ1n) is 7.75. The first-order chi connectivity index (χ1) is 11.4. The highest BCUT2D eigenvalue weighted by molar-refractivity contribution is 6.30. The number of nitrogens with one attached hydrogen (secondary N) is 1. The zero-order chi connectivity index (χ0) is 17.3. The lowest BCUT2D eigenvalue weighted by Crippen LogP contribution is -2.46. The van der Waals surface area contributed by atoms with Crippen molar-refractivity contribution in [3.05, 3.63) is 68.7 Å². The number of amides is 1. The van der Waals surface area contributed by atoms with Gasteiger partial charge in [-0.25, -0.2) is 0 Å². The second-order valence-corrected chi connectivity index (χ2v) is 6.59. The molecule has 0 radical (unpaired) electrons. The van der Waals surface area contributed by atoms with Crippen LogP contribution in [-0.2, 0) is 10.2 Å². The molecule has 5 nitrogen and oxygen atoms in total. The molecule has 1 saturated carbocycles. The van der Waals surface area contributed by atoms with E-state index < -0.39 is 10.3 Å². The number of nitro groups is 1. The standard InChI is InChI=1S/C18H17ClN2O3/c1-12-3-8-15(21(23)24)11-16(12)20-17(22)18(9-2-10-18)13-4-6-14(19)7-5-13/h3-8,11H,2,9-10H2,1H3,(H,20,22). The summed E-state index contributed by atoms with van der Waals surface area (Å²) in [4.78, 5) is 23.4. The molecule has 0 heterocycles. The fraction of sp³-hybridized carbons (Fsp3) is 0.278. The molecular formula is C18H17ClN2O3. The number of benzene rings is 2. The molecule has 0 saturated heterocycles. The molecule has 124 valence electrons. The molecule has 3 rings (SSSR count). The minimum absolute atomic E-state index is 0.0370. The highest BCUT2D eigenvalue weighted by atomic mass is 35.5. The Balaban J connectivity index is 1.89. The van der Waals surface area contributed by atoms with Crippen LogP contribution in [0.4, 0.5) is 11.4 Å². The maximum Gasteiger partial charge on any atom is 0.271 e. The van der Waals surface area contributed by atoms with Gasteiger partial charge in [-0.05, 0) is 43.0 Å². The third-order valence-electron chi connectivity index (χ3n) is 4.72. The number of non-ortho nitro benzene ring substituents is 1. The number of carbonyl (C=O) groups is 1. The summed E-state index contributed by atoms with van der Waals surface area (Å²) in [6, 6.07) is 11.8. The largest absolute Gasteiger partial charge is 0.325 e. The van der Waals surface area contributed by atoms with Crippen LogP contribution in [0.5, 0.6) is 0 Å². The summed E-state index contributed by atoms with van der Waals surface area (Å²) in [6.07, 6.45) is 2.49. The number of rotatable bonds is 4. The monoisotopic (exact) mass is 344 g/mol. The van der Waals surface area contributed by atoms with Crippen LogP contribution in [0.15, 0.2) is 42.5 Å². The van der Waals surface area contributed by atoms with Crippen molar-refractivity contribution in [3.8, 4) is 0 Å². The Kier molecular flexibility index (Phi) is 4.28. The molecule has 1 fully saturated rings.